The van der Waals surface area contributed by atoms with E-state index in [1.54, 1.807) is 19.4 Å². The second-order valence-electron chi connectivity index (χ2n) is 7.22. The predicted molar refractivity (Wildman–Crippen MR) is 120 cm³/mol. The van der Waals surface area contributed by atoms with Crippen molar-refractivity contribution in [3.8, 4) is 10.4 Å². The van der Waals surface area contributed by atoms with Crippen molar-refractivity contribution in [2.24, 2.45) is 5.73 Å². The number of morpholine rings is 1. The molecule has 8 nitrogen and oxygen atoms in total. The van der Waals surface area contributed by atoms with Crippen LogP contribution in [0.15, 0.2) is 42.6 Å². The van der Waals surface area contributed by atoms with Gasteiger partial charge < -0.3 is 20.5 Å². The number of amides is 1. The molecule has 0 bridgehead atoms. The summed E-state index contributed by atoms with van der Waals surface area (Å²) in [6.07, 6.45) is 1.72. The van der Waals surface area contributed by atoms with Crippen LogP contribution in [-0.4, -0.2) is 54.2 Å². The third-order valence-corrected chi connectivity index (χ3v) is 6.06. The molecule has 3 N–H and O–H groups in total. The van der Waals surface area contributed by atoms with Crippen LogP contribution in [0.25, 0.3) is 10.4 Å². The number of carbonyl (C=O) groups is 1. The first-order valence-electron chi connectivity index (χ1n) is 10.0. The SMILES string of the molecule is COCc1ccc(-c2cc(C(N)=O)c(Nc3ccnc(CN4CCOCC4)n3)s2)cc1. The van der Waals surface area contributed by atoms with Crippen molar-refractivity contribution >= 4 is 28.1 Å². The lowest BCUT2D eigenvalue weighted by Crippen LogP contribution is -2.36. The highest BCUT2D eigenvalue weighted by atomic mass is 32.1. The van der Waals surface area contributed by atoms with Crippen LogP contribution < -0.4 is 11.1 Å². The largest absolute Gasteiger partial charge is 0.380 e. The van der Waals surface area contributed by atoms with Gasteiger partial charge in [-0.15, -0.1) is 11.3 Å². The summed E-state index contributed by atoms with van der Waals surface area (Å²) in [5, 5.41) is 3.92. The molecule has 0 unspecified atom stereocenters. The lowest BCUT2D eigenvalue weighted by molar-refractivity contribution is 0.0331. The molecule has 4 rings (SSSR count). The van der Waals surface area contributed by atoms with Crippen molar-refractivity contribution in [1.29, 1.82) is 0 Å². The van der Waals surface area contributed by atoms with Crippen molar-refractivity contribution in [2.75, 3.05) is 38.7 Å². The number of aromatic nitrogens is 2. The first-order chi connectivity index (χ1) is 15.1. The molecule has 0 radical (unpaired) electrons. The molecule has 1 aromatic carbocycles. The Morgan fingerprint density at radius 2 is 2.03 bits per heavy atom. The second kappa shape index (κ2) is 9.97. The summed E-state index contributed by atoms with van der Waals surface area (Å²) in [6.45, 7) is 4.40. The Morgan fingerprint density at radius 3 is 2.74 bits per heavy atom. The molecule has 0 atom stereocenters. The maximum atomic E-state index is 12.0. The van der Waals surface area contributed by atoms with Crippen LogP contribution in [0, 0.1) is 0 Å². The number of carbonyl (C=O) groups excluding carboxylic acids is 1. The number of hydrogen-bond acceptors (Lipinski definition) is 8. The van der Waals surface area contributed by atoms with Gasteiger partial charge in [-0.05, 0) is 23.3 Å². The average Bonchev–Trinajstić information content (AvgIpc) is 3.19. The molecular weight excluding hydrogens is 414 g/mol. The standard InChI is InChI=1S/C22H25N5O3S/c1-29-14-15-2-4-16(5-3-15)18-12-17(21(23)28)22(31-18)26-19-6-7-24-20(25-19)13-27-8-10-30-11-9-27/h2-7,12H,8-11,13-14H2,1H3,(H2,23,28)(H,24,25,26). The quantitative estimate of drug-likeness (QED) is 0.556. The van der Waals surface area contributed by atoms with Crippen LogP contribution in [0.1, 0.15) is 21.7 Å². The Morgan fingerprint density at radius 1 is 1.26 bits per heavy atom. The minimum Gasteiger partial charge on any atom is -0.380 e. The molecule has 1 saturated heterocycles. The molecule has 3 aromatic rings. The molecule has 162 valence electrons. The summed E-state index contributed by atoms with van der Waals surface area (Å²) < 4.78 is 10.6. The monoisotopic (exact) mass is 439 g/mol. The van der Waals surface area contributed by atoms with Crippen LogP contribution in [0.5, 0.6) is 0 Å². The van der Waals surface area contributed by atoms with Gasteiger partial charge in [0.25, 0.3) is 5.91 Å². The smallest absolute Gasteiger partial charge is 0.251 e. The van der Waals surface area contributed by atoms with Gasteiger partial charge in [-0.2, -0.15) is 0 Å². The fourth-order valence-electron chi connectivity index (χ4n) is 3.36. The first kappa shape index (κ1) is 21.4. The molecule has 1 amide bonds. The van der Waals surface area contributed by atoms with E-state index >= 15 is 0 Å². The summed E-state index contributed by atoms with van der Waals surface area (Å²) >= 11 is 1.47. The van der Waals surface area contributed by atoms with Crippen molar-refractivity contribution in [3.05, 3.63) is 59.5 Å². The van der Waals surface area contributed by atoms with E-state index in [1.807, 2.05) is 30.3 Å². The molecular formula is C22H25N5O3S. The van der Waals surface area contributed by atoms with Gasteiger partial charge in [-0.1, -0.05) is 24.3 Å². The summed E-state index contributed by atoms with van der Waals surface area (Å²) in [5.41, 5.74) is 8.17. The molecule has 31 heavy (non-hydrogen) atoms. The maximum absolute atomic E-state index is 12.0. The zero-order valence-electron chi connectivity index (χ0n) is 17.3. The van der Waals surface area contributed by atoms with Gasteiger partial charge in [0.15, 0.2) is 0 Å². The van der Waals surface area contributed by atoms with E-state index in [1.165, 1.54) is 11.3 Å². The van der Waals surface area contributed by atoms with Crippen molar-refractivity contribution < 1.29 is 14.3 Å². The molecule has 1 aliphatic heterocycles. The van der Waals surface area contributed by atoms with E-state index in [0.717, 1.165) is 48.1 Å². The van der Waals surface area contributed by atoms with E-state index in [0.29, 0.717) is 29.5 Å². The molecule has 0 saturated carbocycles. The number of anilines is 2. The number of nitrogens with zero attached hydrogens (tertiary/aromatic N) is 3. The number of thiophene rings is 1. The van der Waals surface area contributed by atoms with E-state index in [-0.39, 0.29) is 0 Å². The highest BCUT2D eigenvalue weighted by molar-refractivity contribution is 7.19. The number of hydrogen-bond donors (Lipinski definition) is 2. The molecule has 9 heteroatoms. The van der Waals surface area contributed by atoms with E-state index in [2.05, 4.69) is 20.2 Å². The Hall–Kier alpha value is -2.85. The third-order valence-electron chi connectivity index (χ3n) is 4.96. The maximum Gasteiger partial charge on any atom is 0.251 e. The number of ether oxygens (including phenoxy) is 2. The van der Waals surface area contributed by atoms with Crippen LogP contribution in [-0.2, 0) is 22.6 Å². The van der Waals surface area contributed by atoms with Crippen LogP contribution in [0.2, 0.25) is 0 Å². The number of nitrogens with two attached hydrogens (primary N) is 1. The van der Waals surface area contributed by atoms with E-state index in [4.69, 9.17) is 15.2 Å². The first-order valence-corrected chi connectivity index (χ1v) is 10.8. The fourth-order valence-corrected chi connectivity index (χ4v) is 4.44. The van der Waals surface area contributed by atoms with Crippen molar-refractivity contribution in [2.45, 2.75) is 13.2 Å². The topological polar surface area (TPSA) is 103 Å². The average molecular weight is 440 g/mol. The minimum absolute atomic E-state index is 0.439. The van der Waals surface area contributed by atoms with Gasteiger partial charge in [0.2, 0.25) is 0 Å². The number of rotatable bonds is 8. The molecule has 0 spiro atoms. The predicted octanol–water partition coefficient (Wildman–Crippen LogP) is 3.03. The van der Waals surface area contributed by atoms with Crippen LogP contribution in [0.3, 0.4) is 0 Å². The second-order valence-corrected chi connectivity index (χ2v) is 8.27. The molecule has 2 aromatic heterocycles. The van der Waals surface area contributed by atoms with Crippen molar-refractivity contribution in [1.82, 2.24) is 14.9 Å². The third kappa shape index (κ3) is 5.45. The summed E-state index contributed by atoms with van der Waals surface area (Å²) in [5.74, 6) is 0.867. The van der Waals surface area contributed by atoms with Gasteiger partial charge in [0.1, 0.15) is 16.6 Å². The lowest BCUT2D eigenvalue weighted by Gasteiger charge is -2.25. The summed E-state index contributed by atoms with van der Waals surface area (Å²) in [7, 11) is 1.67. The zero-order valence-corrected chi connectivity index (χ0v) is 18.2. The summed E-state index contributed by atoms with van der Waals surface area (Å²) in [6, 6.07) is 11.7. The van der Waals surface area contributed by atoms with Gasteiger partial charge in [0.05, 0.1) is 31.9 Å². The van der Waals surface area contributed by atoms with Gasteiger partial charge in [-0.25, -0.2) is 9.97 Å². The van der Waals surface area contributed by atoms with Crippen LogP contribution in [0.4, 0.5) is 10.8 Å². The number of primary amides is 1. The molecule has 0 aliphatic carbocycles. The number of benzene rings is 1. The Kier molecular flexibility index (Phi) is 6.88. The van der Waals surface area contributed by atoms with Crippen LogP contribution >= 0.6 is 11.3 Å². The van der Waals surface area contributed by atoms with Gasteiger partial charge in [-0.3, -0.25) is 9.69 Å². The van der Waals surface area contributed by atoms with E-state index < -0.39 is 5.91 Å². The Bertz CT molecular complexity index is 1030. The Balaban J connectivity index is 1.53. The Labute approximate surface area is 185 Å². The van der Waals surface area contributed by atoms with Crippen molar-refractivity contribution in [3.63, 3.8) is 0 Å². The van der Waals surface area contributed by atoms with Gasteiger partial charge in [0, 0.05) is 31.3 Å². The molecule has 3 heterocycles. The highest BCUT2D eigenvalue weighted by Gasteiger charge is 2.17. The normalized spacial score (nSPS) is 14.5. The highest BCUT2D eigenvalue weighted by Crippen LogP contribution is 2.36. The number of methoxy groups -OCH3 is 1. The minimum atomic E-state index is -0.483. The number of nitrogens with one attached hydrogen (secondary N) is 1. The lowest BCUT2D eigenvalue weighted by atomic mass is 10.1. The molecule has 1 aliphatic rings. The molecule has 1 fully saturated rings. The fraction of sp³-hybridized carbons (Fsp3) is 0.318. The van der Waals surface area contributed by atoms with E-state index in [9.17, 15) is 4.79 Å². The summed E-state index contributed by atoms with van der Waals surface area (Å²) in [4.78, 5) is 24.2. The van der Waals surface area contributed by atoms with Gasteiger partial charge >= 0.3 is 0 Å². The zero-order chi connectivity index (χ0) is 21.6.